The van der Waals surface area contributed by atoms with E-state index >= 15 is 0 Å². The van der Waals surface area contributed by atoms with E-state index < -0.39 is 17.5 Å². The van der Waals surface area contributed by atoms with Crippen molar-refractivity contribution in [3.8, 4) is 0 Å². The number of amides is 4. The van der Waals surface area contributed by atoms with Crippen LogP contribution in [0.25, 0.3) is 0 Å². The molecule has 2 N–H and O–H groups in total. The Kier molecular flexibility index (Phi) is 6.01. The van der Waals surface area contributed by atoms with Crippen LogP contribution < -0.4 is 10.6 Å². The van der Waals surface area contributed by atoms with Gasteiger partial charge in [0.1, 0.15) is 12.1 Å². The number of nitrogens with one attached hydrogen (secondary N) is 2. The second-order valence-electron chi connectivity index (χ2n) is 7.60. The first-order valence-corrected chi connectivity index (χ1v) is 9.90. The molecule has 1 aliphatic heterocycles. The predicted molar refractivity (Wildman–Crippen MR) is 111 cm³/mol. The first-order chi connectivity index (χ1) is 13.8. The number of rotatable bonds is 7. The van der Waals surface area contributed by atoms with E-state index in [1.165, 1.54) is 5.56 Å². The topological polar surface area (TPSA) is 78.5 Å². The first kappa shape index (κ1) is 20.6. The van der Waals surface area contributed by atoms with Gasteiger partial charge < -0.3 is 10.6 Å². The number of urea groups is 1. The molecule has 1 fully saturated rings. The lowest BCUT2D eigenvalue weighted by molar-refractivity contribution is -0.134. The van der Waals surface area contributed by atoms with E-state index in [0.29, 0.717) is 12.1 Å². The molecule has 152 valence electrons. The second-order valence-corrected chi connectivity index (χ2v) is 7.60. The van der Waals surface area contributed by atoms with E-state index in [1.807, 2.05) is 55.5 Å². The van der Waals surface area contributed by atoms with Crippen LogP contribution in [0, 0.1) is 6.92 Å². The van der Waals surface area contributed by atoms with E-state index in [9.17, 15) is 14.4 Å². The molecule has 6 heteroatoms. The first-order valence-electron chi connectivity index (χ1n) is 9.90. The number of nitrogens with zero attached hydrogens (tertiary/aromatic N) is 1. The Balaban J connectivity index is 1.66. The lowest BCUT2D eigenvalue weighted by atomic mass is 9.91. The lowest BCUT2D eigenvalue weighted by Gasteiger charge is -2.22. The molecule has 2 aromatic rings. The van der Waals surface area contributed by atoms with Crippen LogP contribution in [0.4, 0.5) is 4.79 Å². The van der Waals surface area contributed by atoms with Crippen LogP contribution in [0.1, 0.15) is 42.5 Å². The zero-order valence-electron chi connectivity index (χ0n) is 17.1. The average Bonchev–Trinajstić information content (AvgIpc) is 2.92. The average molecular weight is 393 g/mol. The molecule has 3 rings (SSSR count). The summed E-state index contributed by atoms with van der Waals surface area (Å²) >= 11 is 0. The lowest BCUT2D eigenvalue weighted by Crippen LogP contribution is -2.43. The fraction of sp³-hybridized carbons (Fsp3) is 0.348. The Morgan fingerprint density at radius 2 is 1.79 bits per heavy atom. The fourth-order valence-electron chi connectivity index (χ4n) is 3.53. The maximum absolute atomic E-state index is 13.0. The normalized spacial score (nSPS) is 18.7. The van der Waals surface area contributed by atoms with E-state index in [1.54, 1.807) is 6.92 Å². The largest absolute Gasteiger partial charge is 0.350 e. The molecular formula is C23H27N3O3. The standard InChI is InChI=1S/C23H27N3O3/c1-4-7-17-10-12-19(13-11-17)23(3)21(28)26(22(29)25-23)15-20(27)24-14-18-9-6-5-8-16(18)2/h5-6,8-13H,4,7,14-15H2,1-3H3,(H,24,27)(H,25,29)/t23-/m0/s1. The van der Waals surface area contributed by atoms with Crippen LogP contribution in [0.15, 0.2) is 48.5 Å². The number of carbonyl (C=O) groups excluding carboxylic acids is 3. The van der Waals surface area contributed by atoms with Crippen LogP contribution in [-0.2, 0) is 28.1 Å². The number of benzene rings is 2. The molecule has 4 amide bonds. The van der Waals surface area contributed by atoms with Crippen LogP contribution in [-0.4, -0.2) is 29.3 Å². The van der Waals surface area contributed by atoms with Gasteiger partial charge >= 0.3 is 6.03 Å². The minimum absolute atomic E-state index is 0.305. The molecule has 1 heterocycles. The monoisotopic (exact) mass is 393 g/mol. The van der Waals surface area contributed by atoms with Crippen molar-refractivity contribution < 1.29 is 14.4 Å². The molecule has 1 aliphatic rings. The number of hydrogen-bond donors (Lipinski definition) is 2. The SMILES string of the molecule is CCCc1ccc([C@]2(C)NC(=O)N(CC(=O)NCc3ccccc3C)C2=O)cc1. The highest BCUT2D eigenvalue weighted by Crippen LogP contribution is 2.29. The van der Waals surface area contributed by atoms with Gasteiger partial charge in [0.15, 0.2) is 0 Å². The summed E-state index contributed by atoms with van der Waals surface area (Å²) in [4.78, 5) is 38.7. The molecule has 1 saturated heterocycles. The van der Waals surface area contributed by atoms with Crippen molar-refractivity contribution >= 4 is 17.8 Å². The highest BCUT2D eigenvalue weighted by molar-refractivity contribution is 6.09. The van der Waals surface area contributed by atoms with Crippen molar-refractivity contribution in [2.24, 2.45) is 0 Å². The Morgan fingerprint density at radius 3 is 2.45 bits per heavy atom. The highest BCUT2D eigenvalue weighted by Gasteiger charge is 2.49. The van der Waals surface area contributed by atoms with Crippen molar-refractivity contribution in [3.63, 3.8) is 0 Å². The smallest absolute Gasteiger partial charge is 0.325 e. The van der Waals surface area contributed by atoms with Gasteiger partial charge in [0, 0.05) is 6.54 Å². The predicted octanol–water partition coefficient (Wildman–Crippen LogP) is 3.03. The van der Waals surface area contributed by atoms with E-state index in [0.717, 1.165) is 28.9 Å². The minimum Gasteiger partial charge on any atom is -0.350 e. The summed E-state index contributed by atoms with van der Waals surface area (Å²) in [5, 5.41) is 5.53. The summed E-state index contributed by atoms with van der Waals surface area (Å²) in [6.07, 6.45) is 2.00. The van der Waals surface area contributed by atoms with Gasteiger partial charge in [-0.05, 0) is 42.5 Å². The van der Waals surface area contributed by atoms with Gasteiger partial charge in [-0.2, -0.15) is 0 Å². The summed E-state index contributed by atoms with van der Waals surface area (Å²) in [6.45, 7) is 5.80. The van der Waals surface area contributed by atoms with Crippen LogP contribution in [0.5, 0.6) is 0 Å². The fourth-order valence-corrected chi connectivity index (χ4v) is 3.53. The van der Waals surface area contributed by atoms with Gasteiger partial charge in [0.05, 0.1) is 0 Å². The van der Waals surface area contributed by atoms with E-state index in [-0.39, 0.29) is 12.5 Å². The third-order valence-corrected chi connectivity index (χ3v) is 5.38. The van der Waals surface area contributed by atoms with Gasteiger partial charge in [-0.3, -0.25) is 14.5 Å². The molecule has 6 nitrogen and oxygen atoms in total. The minimum atomic E-state index is -1.17. The number of imide groups is 1. The summed E-state index contributed by atoms with van der Waals surface area (Å²) < 4.78 is 0. The number of carbonyl (C=O) groups is 3. The maximum Gasteiger partial charge on any atom is 0.325 e. The summed E-state index contributed by atoms with van der Waals surface area (Å²) in [7, 11) is 0. The molecule has 0 aromatic heterocycles. The van der Waals surface area contributed by atoms with Gasteiger partial charge in [0.2, 0.25) is 5.91 Å². The Hall–Kier alpha value is -3.15. The van der Waals surface area contributed by atoms with Gasteiger partial charge in [0.25, 0.3) is 5.91 Å². The van der Waals surface area contributed by atoms with Crippen LogP contribution in [0.3, 0.4) is 0 Å². The van der Waals surface area contributed by atoms with Crippen molar-refractivity contribution in [2.75, 3.05) is 6.54 Å². The van der Waals surface area contributed by atoms with Crippen molar-refractivity contribution in [3.05, 3.63) is 70.8 Å². The number of hydrogen-bond acceptors (Lipinski definition) is 3. The Labute approximate surface area is 171 Å². The highest BCUT2D eigenvalue weighted by atomic mass is 16.2. The van der Waals surface area contributed by atoms with Gasteiger partial charge in [-0.1, -0.05) is 61.9 Å². The third-order valence-electron chi connectivity index (χ3n) is 5.38. The summed E-state index contributed by atoms with van der Waals surface area (Å²) in [6, 6.07) is 14.9. The zero-order chi connectivity index (χ0) is 21.0. The van der Waals surface area contributed by atoms with Crippen LogP contribution in [0.2, 0.25) is 0 Å². The van der Waals surface area contributed by atoms with E-state index in [2.05, 4.69) is 17.6 Å². The molecule has 0 saturated carbocycles. The van der Waals surface area contributed by atoms with Crippen molar-refractivity contribution in [2.45, 2.75) is 45.7 Å². The Morgan fingerprint density at radius 1 is 1.10 bits per heavy atom. The van der Waals surface area contributed by atoms with Gasteiger partial charge in [-0.15, -0.1) is 0 Å². The molecule has 0 radical (unpaired) electrons. The quantitative estimate of drug-likeness (QED) is 0.710. The molecule has 0 unspecified atom stereocenters. The molecule has 0 spiro atoms. The van der Waals surface area contributed by atoms with Crippen LogP contribution >= 0.6 is 0 Å². The molecular weight excluding hydrogens is 366 g/mol. The second kappa shape index (κ2) is 8.47. The van der Waals surface area contributed by atoms with Crippen molar-refractivity contribution in [1.82, 2.24) is 15.5 Å². The van der Waals surface area contributed by atoms with Crippen molar-refractivity contribution in [1.29, 1.82) is 0 Å². The molecule has 0 bridgehead atoms. The summed E-state index contributed by atoms with van der Waals surface area (Å²) in [5.41, 5.74) is 2.79. The zero-order valence-corrected chi connectivity index (χ0v) is 17.1. The molecule has 0 aliphatic carbocycles. The van der Waals surface area contributed by atoms with E-state index in [4.69, 9.17) is 0 Å². The van der Waals surface area contributed by atoms with Gasteiger partial charge in [-0.25, -0.2) is 4.79 Å². The number of aryl methyl sites for hydroxylation is 2. The molecule has 29 heavy (non-hydrogen) atoms. The molecule has 2 aromatic carbocycles. The Bertz CT molecular complexity index is 923. The maximum atomic E-state index is 13.0. The summed E-state index contributed by atoms with van der Waals surface area (Å²) in [5.74, 6) is -0.795. The molecule has 1 atom stereocenters. The third kappa shape index (κ3) is 4.31.